The van der Waals surface area contributed by atoms with Gasteiger partial charge in [-0.05, 0) is 29.7 Å². The van der Waals surface area contributed by atoms with Crippen LogP contribution < -0.4 is 14.8 Å². The Morgan fingerprint density at radius 3 is 2.55 bits per heavy atom. The second-order valence-electron chi connectivity index (χ2n) is 6.12. The number of hydrogen-bond donors (Lipinski definition) is 2. The van der Waals surface area contributed by atoms with Crippen LogP contribution in [-0.2, 0) is 19.0 Å². The van der Waals surface area contributed by atoms with Crippen molar-refractivity contribution in [2.45, 2.75) is 0 Å². The van der Waals surface area contributed by atoms with Crippen molar-refractivity contribution in [3.05, 3.63) is 49.1 Å². The number of hydrogen-bond acceptors (Lipinski definition) is 8. The van der Waals surface area contributed by atoms with Gasteiger partial charge in [0.15, 0.2) is 0 Å². The molecule has 0 atom stereocenters. The Kier molecular flexibility index (Phi) is 10.9. The number of carbonyl (C=O) groups is 2. The Bertz CT molecular complexity index is 855. The molecular formula is C22H27NO8. The van der Waals surface area contributed by atoms with Crippen molar-refractivity contribution in [1.82, 2.24) is 5.32 Å². The molecule has 0 aromatic heterocycles. The van der Waals surface area contributed by atoms with Crippen LogP contribution in [0, 0.1) is 0 Å². The minimum atomic E-state index is -0.587. The normalized spacial score (nSPS) is 10.5. The van der Waals surface area contributed by atoms with Gasteiger partial charge in [0.05, 0.1) is 33.0 Å². The summed E-state index contributed by atoms with van der Waals surface area (Å²) in [6, 6.07) is 10.7. The van der Waals surface area contributed by atoms with Crippen molar-refractivity contribution in [1.29, 1.82) is 0 Å². The lowest BCUT2D eigenvalue weighted by atomic mass is 10.1. The van der Waals surface area contributed by atoms with Crippen LogP contribution in [-0.4, -0.2) is 70.0 Å². The summed E-state index contributed by atoms with van der Waals surface area (Å²) in [6.45, 7) is 5.13. The fraction of sp³-hybridized carbons (Fsp3) is 0.364. The summed E-state index contributed by atoms with van der Waals surface area (Å²) in [6.07, 6.45) is 0.503. The Balaban J connectivity index is 1.61. The molecule has 0 heterocycles. The van der Waals surface area contributed by atoms with E-state index in [1.807, 2.05) is 18.2 Å². The second-order valence-corrected chi connectivity index (χ2v) is 6.12. The molecule has 0 radical (unpaired) electrons. The van der Waals surface area contributed by atoms with Crippen LogP contribution in [0.5, 0.6) is 11.5 Å². The number of ether oxygens (including phenoxy) is 5. The van der Waals surface area contributed by atoms with Crippen molar-refractivity contribution in [2.24, 2.45) is 0 Å². The summed E-state index contributed by atoms with van der Waals surface area (Å²) in [7, 11) is 0. The fourth-order valence-electron chi connectivity index (χ4n) is 2.53. The zero-order chi connectivity index (χ0) is 22.3. The Labute approximate surface area is 180 Å². The molecule has 168 valence electrons. The number of fused-ring (bicyclic) bond motifs is 1. The van der Waals surface area contributed by atoms with E-state index < -0.39 is 12.1 Å². The molecule has 0 aliphatic heterocycles. The van der Waals surface area contributed by atoms with E-state index >= 15 is 0 Å². The molecule has 0 aliphatic carbocycles. The molecule has 0 saturated heterocycles. The quantitative estimate of drug-likeness (QED) is 0.265. The van der Waals surface area contributed by atoms with Gasteiger partial charge in [-0.3, -0.25) is 0 Å². The third kappa shape index (κ3) is 9.04. The highest BCUT2D eigenvalue weighted by Gasteiger charge is 2.07. The van der Waals surface area contributed by atoms with Crippen LogP contribution in [0.3, 0.4) is 0 Å². The molecule has 0 spiro atoms. The van der Waals surface area contributed by atoms with E-state index in [1.54, 1.807) is 18.2 Å². The third-order valence-electron chi connectivity index (χ3n) is 3.90. The number of esters is 1. The van der Waals surface area contributed by atoms with E-state index in [0.29, 0.717) is 31.3 Å². The monoisotopic (exact) mass is 433 g/mol. The minimum Gasteiger partial charge on any atom is -0.491 e. The van der Waals surface area contributed by atoms with Gasteiger partial charge in [0.1, 0.15) is 24.7 Å². The first-order chi connectivity index (χ1) is 15.1. The molecule has 0 fully saturated rings. The van der Waals surface area contributed by atoms with Gasteiger partial charge >= 0.3 is 12.1 Å². The number of aliphatic hydroxyl groups is 1. The van der Waals surface area contributed by atoms with Gasteiger partial charge in [-0.25, -0.2) is 9.59 Å². The largest absolute Gasteiger partial charge is 0.491 e. The summed E-state index contributed by atoms with van der Waals surface area (Å²) < 4.78 is 26.1. The first kappa shape index (κ1) is 24.1. The second kappa shape index (κ2) is 14.0. The van der Waals surface area contributed by atoms with E-state index in [2.05, 4.69) is 11.9 Å². The maximum Gasteiger partial charge on any atom is 0.412 e. The average Bonchev–Trinajstić information content (AvgIpc) is 2.78. The van der Waals surface area contributed by atoms with Crippen LogP contribution in [0.2, 0.25) is 0 Å². The first-order valence-electron chi connectivity index (χ1n) is 9.81. The zero-order valence-corrected chi connectivity index (χ0v) is 17.2. The molecule has 0 bridgehead atoms. The summed E-state index contributed by atoms with van der Waals surface area (Å²) in [5.74, 6) is 0.565. The van der Waals surface area contributed by atoms with E-state index in [9.17, 15) is 9.59 Å². The zero-order valence-electron chi connectivity index (χ0n) is 17.2. The van der Waals surface area contributed by atoms with Gasteiger partial charge in [0.2, 0.25) is 0 Å². The average molecular weight is 433 g/mol. The van der Waals surface area contributed by atoms with Crippen LogP contribution in [0.1, 0.15) is 0 Å². The number of aliphatic hydroxyl groups excluding tert-OH is 1. The van der Waals surface area contributed by atoms with Crippen LogP contribution in [0.4, 0.5) is 4.79 Å². The van der Waals surface area contributed by atoms with Crippen molar-refractivity contribution in [3.63, 3.8) is 0 Å². The van der Waals surface area contributed by atoms with Crippen molar-refractivity contribution in [3.8, 4) is 11.5 Å². The number of nitrogens with one attached hydrogen (secondary N) is 1. The SMILES string of the molecule is C=CC(=O)OCCOCCOCCNC(=O)Oc1ccc2c(OCCO)cccc2c1. The third-order valence-corrected chi connectivity index (χ3v) is 3.90. The van der Waals surface area contributed by atoms with Crippen LogP contribution >= 0.6 is 0 Å². The highest BCUT2D eigenvalue weighted by Crippen LogP contribution is 2.28. The van der Waals surface area contributed by atoms with E-state index in [4.69, 9.17) is 28.8 Å². The molecule has 2 N–H and O–H groups in total. The van der Waals surface area contributed by atoms with E-state index in [0.717, 1.165) is 16.8 Å². The molecule has 9 nitrogen and oxygen atoms in total. The lowest BCUT2D eigenvalue weighted by Gasteiger charge is -2.10. The topological polar surface area (TPSA) is 113 Å². The highest BCUT2D eigenvalue weighted by molar-refractivity contribution is 5.90. The minimum absolute atomic E-state index is 0.0677. The van der Waals surface area contributed by atoms with Gasteiger partial charge in [-0.1, -0.05) is 18.7 Å². The molecule has 9 heteroatoms. The number of rotatable bonds is 14. The molecule has 0 aliphatic rings. The van der Waals surface area contributed by atoms with Crippen LogP contribution in [0.15, 0.2) is 49.1 Å². The highest BCUT2D eigenvalue weighted by atomic mass is 16.6. The molecule has 2 aromatic carbocycles. The maximum absolute atomic E-state index is 11.9. The number of carbonyl (C=O) groups excluding carboxylic acids is 2. The molecule has 2 rings (SSSR count). The Hall–Kier alpha value is -3.14. The van der Waals surface area contributed by atoms with Crippen molar-refractivity contribution < 1.29 is 38.4 Å². The predicted molar refractivity (Wildman–Crippen MR) is 113 cm³/mol. The van der Waals surface area contributed by atoms with Crippen molar-refractivity contribution in [2.75, 3.05) is 52.8 Å². The summed E-state index contributed by atoms with van der Waals surface area (Å²) in [5.41, 5.74) is 0. The fourth-order valence-corrected chi connectivity index (χ4v) is 2.53. The first-order valence-corrected chi connectivity index (χ1v) is 9.81. The van der Waals surface area contributed by atoms with E-state index in [1.165, 1.54) is 0 Å². The standard InChI is InChI=1S/C22H27NO8/c1-2-21(25)30-15-14-28-13-12-27-10-8-23-22(26)31-18-6-7-19-17(16-18)4-3-5-20(19)29-11-9-24/h2-7,16,24H,1,8-15H2,(H,23,26). The predicted octanol–water partition coefficient (Wildman–Crippen LogP) is 2.06. The molecule has 2 aromatic rings. The molecule has 0 saturated carbocycles. The van der Waals surface area contributed by atoms with Crippen molar-refractivity contribution >= 4 is 22.8 Å². The Morgan fingerprint density at radius 2 is 1.77 bits per heavy atom. The lowest BCUT2D eigenvalue weighted by Crippen LogP contribution is -2.30. The summed E-state index contributed by atoms with van der Waals surface area (Å²) >= 11 is 0. The van der Waals surface area contributed by atoms with Gasteiger partial charge in [0, 0.05) is 18.0 Å². The summed E-state index contributed by atoms with van der Waals surface area (Å²) in [5, 5.41) is 13.2. The maximum atomic E-state index is 11.9. The van der Waals surface area contributed by atoms with Crippen LogP contribution in [0.25, 0.3) is 10.8 Å². The van der Waals surface area contributed by atoms with Gasteiger partial charge in [-0.2, -0.15) is 0 Å². The van der Waals surface area contributed by atoms with E-state index in [-0.39, 0.29) is 33.0 Å². The number of amides is 1. The van der Waals surface area contributed by atoms with Gasteiger partial charge < -0.3 is 34.1 Å². The van der Waals surface area contributed by atoms with Gasteiger partial charge in [0.25, 0.3) is 0 Å². The van der Waals surface area contributed by atoms with Gasteiger partial charge in [-0.15, -0.1) is 0 Å². The smallest absolute Gasteiger partial charge is 0.412 e. The molecule has 0 unspecified atom stereocenters. The Morgan fingerprint density at radius 1 is 1.00 bits per heavy atom. The molecular weight excluding hydrogens is 406 g/mol. The summed E-state index contributed by atoms with van der Waals surface area (Å²) in [4.78, 5) is 22.7. The molecule has 1 amide bonds. The number of benzene rings is 2. The molecule has 31 heavy (non-hydrogen) atoms. The lowest BCUT2D eigenvalue weighted by molar-refractivity contribution is -0.139.